The summed E-state index contributed by atoms with van der Waals surface area (Å²) in [7, 11) is 0. The number of nitrogens with two attached hydrogens (primary N) is 1. The van der Waals surface area contributed by atoms with Crippen molar-refractivity contribution in [1.82, 2.24) is 9.97 Å². The summed E-state index contributed by atoms with van der Waals surface area (Å²) in [6.45, 7) is 0. The van der Waals surface area contributed by atoms with E-state index in [-0.39, 0.29) is 22.9 Å². The lowest BCUT2D eigenvalue weighted by Gasteiger charge is -2.23. The molecular formula is C12H8N4O3S. The number of nitriles is 1. The average molecular weight is 288 g/mol. The van der Waals surface area contributed by atoms with Crippen LogP contribution in [-0.4, -0.2) is 9.97 Å². The minimum Gasteiger partial charge on any atom is -0.424 e. The van der Waals surface area contributed by atoms with Crippen LogP contribution < -0.4 is 21.7 Å². The number of thiophene rings is 1. The van der Waals surface area contributed by atoms with Gasteiger partial charge in [-0.05, 0) is 11.4 Å². The van der Waals surface area contributed by atoms with Gasteiger partial charge in [0.1, 0.15) is 11.6 Å². The summed E-state index contributed by atoms with van der Waals surface area (Å²) in [5.74, 6) is -0.766. The van der Waals surface area contributed by atoms with Gasteiger partial charge in [0, 0.05) is 4.88 Å². The van der Waals surface area contributed by atoms with Gasteiger partial charge in [-0.15, -0.1) is 11.3 Å². The Kier molecular flexibility index (Phi) is 2.69. The van der Waals surface area contributed by atoms with Crippen LogP contribution in [0.15, 0.2) is 38.6 Å². The second-order valence-corrected chi connectivity index (χ2v) is 5.07. The molecule has 0 saturated heterocycles. The molecule has 0 saturated carbocycles. The molecule has 0 aliphatic carbocycles. The van der Waals surface area contributed by atoms with Crippen LogP contribution in [0.5, 0.6) is 5.88 Å². The smallest absolute Gasteiger partial charge is 0.328 e. The Balaban J connectivity index is 2.35. The van der Waals surface area contributed by atoms with E-state index in [0.717, 1.165) is 4.88 Å². The third-order valence-electron chi connectivity index (χ3n) is 2.95. The molecule has 1 aliphatic rings. The molecule has 1 unspecified atom stereocenters. The van der Waals surface area contributed by atoms with E-state index in [4.69, 9.17) is 10.5 Å². The maximum Gasteiger partial charge on any atom is 0.328 e. The van der Waals surface area contributed by atoms with Crippen molar-refractivity contribution in [2.75, 3.05) is 0 Å². The normalized spacial score (nSPS) is 17.2. The van der Waals surface area contributed by atoms with Gasteiger partial charge in [0.25, 0.3) is 5.56 Å². The molecule has 20 heavy (non-hydrogen) atoms. The van der Waals surface area contributed by atoms with Gasteiger partial charge in [0.15, 0.2) is 0 Å². The van der Waals surface area contributed by atoms with E-state index in [1.807, 2.05) is 11.4 Å². The number of hydrogen-bond donors (Lipinski definition) is 3. The molecular weight excluding hydrogens is 280 g/mol. The summed E-state index contributed by atoms with van der Waals surface area (Å²) in [4.78, 5) is 28.6. The molecule has 0 fully saturated rings. The van der Waals surface area contributed by atoms with Gasteiger partial charge in [-0.3, -0.25) is 14.8 Å². The Morgan fingerprint density at radius 1 is 1.40 bits per heavy atom. The van der Waals surface area contributed by atoms with Crippen molar-refractivity contribution in [3.63, 3.8) is 0 Å². The van der Waals surface area contributed by atoms with Crippen LogP contribution in [-0.2, 0) is 0 Å². The highest BCUT2D eigenvalue weighted by molar-refractivity contribution is 7.10. The number of fused-ring (bicyclic) bond motifs is 1. The Bertz CT molecular complexity index is 854. The quantitative estimate of drug-likeness (QED) is 0.698. The zero-order valence-corrected chi connectivity index (χ0v) is 10.8. The summed E-state index contributed by atoms with van der Waals surface area (Å²) >= 11 is 1.39. The average Bonchev–Trinajstić information content (AvgIpc) is 2.90. The summed E-state index contributed by atoms with van der Waals surface area (Å²) in [6, 6.07) is 5.56. The van der Waals surface area contributed by atoms with Gasteiger partial charge < -0.3 is 10.5 Å². The van der Waals surface area contributed by atoms with Gasteiger partial charge in [-0.2, -0.15) is 5.26 Å². The molecule has 7 nitrogen and oxygen atoms in total. The number of nitrogens with zero attached hydrogens (tertiary/aromatic N) is 1. The number of aromatic amines is 2. The summed E-state index contributed by atoms with van der Waals surface area (Å²) in [6.07, 6.45) is 0. The molecule has 2 aromatic rings. The highest BCUT2D eigenvalue weighted by Crippen LogP contribution is 2.39. The first-order valence-electron chi connectivity index (χ1n) is 5.59. The molecule has 0 spiro atoms. The van der Waals surface area contributed by atoms with Crippen molar-refractivity contribution in [3.05, 3.63) is 60.2 Å². The summed E-state index contributed by atoms with van der Waals surface area (Å²) in [5.41, 5.74) is 4.75. The van der Waals surface area contributed by atoms with Crippen LogP contribution in [0.3, 0.4) is 0 Å². The van der Waals surface area contributed by atoms with E-state index in [1.165, 1.54) is 11.3 Å². The zero-order chi connectivity index (χ0) is 14.3. The van der Waals surface area contributed by atoms with Crippen LogP contribution in [0.2, 0.25) is 0 Å². The van der Waals surface area contributed by atoms with E-state index in [9.17, 15) is 14.9 Å². The summed E-state index contributed by atoms with van der Waals surface area (Å²) < 4.78 is 5.19. The number of H-pyrrole nitrogens is 2. The van der Waals surface area contributed by atoms with E-state index in [1.54, 1.807) is 12.1 Å². The number of rotatable bonds is 1. The van der Waals surface area contributed by atoms with Gasteiger partial charge in [-0.25, -0.2) is 4.79 Å². The van der Waals surface area contributed by atoms with Crippen LogP contribution in [0.4, 0.5) is 0 Å². The van der Waals surface area contributed by atoms with Crippen molar-refractivity contribution in [1.29, 1.82) is 5.26 Å². The van der Waals surface area contributed by atoms with Crippen molar-refractivity contribution in [2.45, 2.75) is 5.92 Å². The van der Waals surface area contributed by atoms with Gasteiger partial charge >= 0.3 is 5.69 Å². The number of aromatic nitrogens is 2. The molecule has 0 radical (unpaired) electrons. The molecule has 100 valence electrons. The SMILES string of the molecule is N#CC1=C(N)Oc2[nH]c(=O)[nH]c(=O)c2C1c1cccs1. The van der Waals surface area contributed by atoms with E-state index in [0.29, 0.717) is 0 Å². The Hall–Kier alpha value is -2.79. The molecule has 2 aromatic heterocycles. The van der Waals surface area contributed by atoms with Gasteiger partial charge in [0.2, 0.25) is 11.8 Å². The van der Waals surface area contributed by atoms with Crippen molar-refractivity contribution in [2.24, 2.45) is 5.73 Å². The van der Waals surface area contributed by atoms with Crippen LogP contribution in [0.1, 0.15) is 16.4 Å². The van der Waals surface area contributed by atoms with E-state index >= 15 is 0 Å². The highest BCUT2D eigenvalue weighted by Gasteiger charge is 2.34. The molecule has 1 atom stereocenters. The predicted octanol–water partition coefficient (Wildman–Crippen LogP) is 0.343. The maximum absolute atomic E-state index is 12.0. The fourth-order valence-corrected chi connectivity index (χ4v) is 2.97. The summed E-state index contributed by atoms with van der Waals surface area (Å²) in [5, 5.41) is 11.1. The molecule has 0 bridgehead atoms. The number of allylic oxidation sites excluding steroid dienone is 1. The highest BCUT2D eigenvalue weighted by atomic mass is 32.1. The molecule has 4 N–H and O–H groups in total. The first-order valence-corrected chi connectivity index (χ1v) is 6.47. The third kappa shape index (κ3) is 1.72. The monoisotopic (exact) mass is 288 g/mol. The van der Waals surface area contributed by atoms with Gasteiger partial charge in [0.05, 0.1) is 11.5 Å². The fourth-order valence-electron chi connectivity index (χ4n) is 2.13. The van der Waals surface area contributed by atoms with Crippen LogP contribution in [0.25, 0.3) is 0 Å². The molecule has 8 heteroatoms. The maximum atomic E-state index is 12.0. The van der Waals surface area contributed by atoms with E-state index < -0.39 is 17.2 Å². The molecule has 0 amide bonds. The zero-order valence-electron chi connectivity index (χ0n) is 9.97. The lowest BCUT2D eigenvalue weighted by Crippen LogP contribution is -2.33. The van der Waals surface area contributed by atoms with E-state index in [2.05, 4.69) is 9.97 Å². The Labute approximate surface area is 116 Å². The molecule has 3 heterocycles. The fraction of sp³-hybridized carbons (Fsp3) is 0.0833. The number of hydrogen-bond acceptors (Lipinski definition) is 6. The van der Waals surface area contributed by atoms with Gasteiger partial charge in [-0.1, -0.05) is 6.07 Å². The minimum atomic E-state index is -0.688. The number of ether oxygens (including phenoxy) is 1. The lowest BCUT2D eigenvalue weighted by molar-refractivity contribution is 0.374. The lowest BCUT2D eigenvalue weighted by atomic mass is 9.90. The topological polar surface area (TPSA) is 125 Å². The second-order valence-electron chi connectivity index (χ2n) is 4.09. The molecule has 1 aliphatic heterocycles. The first-order chi connectivity index (χ1) is 9.61. The second kappa shape index (κ2) is 4.40. The number of nitrogens with one attached hydrogen (secondary N) is 2. The Morgan fingerprint density at radius 3 is 2.85 bits per heavy atom. The molecule has 0 aromatic carbocycles. The van der Waals surface area contributed by atoms with Crippen molar-refractivity contribution < 1.29 is 4.74 Å². The predicted molar refractivity (Wildman–Crippen MR) is 71.3 cm³/mol. The van der Waals surface area contributed by atoms with Crippen LogP contribution in [0, 0.1) is 11.3 Å². The Morgan fingerprint density at radius 2 is 2.20 bits per heavy atom. The standard InChI is InChI=1S/C12H8N4O3S/c13-4-5-7(6-2-1-3-20-6)8-10(17)15-12(18)16-11(8)19-9(5)14/h1-3,7H,14H2,(H2,15,16,17,18). The largest absolute Gasteiger partial charge is 0.424 e. The van der Waals surface area contributed by atoms with Crippen molar-refractivity contribution in [3.8, 4) is 11.9 Å². The molecule has 3 rings (SSSR count). The third-order valence-corrected chi connectivity index (χ3v) is 3.88. The van der Waals surface area contributed by atoms with Crippen molar-refractivity contribution >= 4 is 11.3 Å². The first kappa shape index (κ1) is 12.3. The minimum absolute atomic E-state index is 0.0198. The van der Waals surface area contributed by atoms with Crippen LogP contribution >= 0.6 is 11.3 Å².